The molecule has 7 heavy (non-hydrogen) atoms. The van der Waals surface area contributed by atoms with Gasteiger partial charge in [0, 0.05) is 7.11 Å². The Labute approximate surface area is 48.9 Å². The largest absolute Gasteiger partial charge is 0.362 e. The fourth-order valence-corrected chi connectivity index (χ4v) is 0.375. The van der Waals surface area contributed by atoms with E-state index in [0.29, 0.717) is 0 Å². The fraction of sp³-hybridized carbons (Fsp3) is 0.600. The van der Waals surface area contributed by atoms with E-state index in [-0.39, 0.29) is 5.56 Å². The number of halogens is 1. The van der Waals surface area contributed by atoms with Crippen LogP contribution in [-0.4, -0.2) is 12.7 Å². The summed E-state index contributed by atoms with van der Waals surface area (Å²) in [5.41, 5.74) is -0.259. The van der Waals surface area contributed by atoms with Crippen LogP contribution >= 0.6 is 11.6 Å². The van der Waals surface area contributed by atoms with Crippen molar-refractivity contribution in [2.45, 2.75) is 12.5 Å². The molecule has 42 valence electrons. The van der Waals surface area contributed by atoms with Crippen molar-refractivity contribution >= 4 is 11.6 Å². The maximum Gasteiger partial charge on any atom is 0.149 e. The van der Waals surface area contributed by atoms with Crippen LogP contribution in [0.2, 0.25) is 0 Å². The van der Waals surface area contributed by atoms with Crippen LogP contribution in [0.5, 0.6) is 0 Å². The molecule has 0 saturated carbocycles. The third-order valence-electron chi connectivity index (χ3n) is 0.569. The molecule has 1 unspecified atom stereocenters. The van der Waals surface area contributed by atoms with Crippen molar-refractivity contribution in [3.05, 3.63) is 12.2 Å². The molecule has 0 aliphatic heterocycles. The van der Waals surface area contributed by atoms with Gasteiger partial charge in [-0.3, -0.25) is 0 Å². The van der Waals surface area contributed by atoms with E-state index in [1.165, 1.54) is 0 Å². The Balaban J connectivity index is 3.16. The van der Waals surface area contributed by atoms with Gasteiger partial charge in [0.05, 0.1) is 0 Å². The van der Waals surface area contributed by atoms with E-state index in [0.717, 1.165) is 0 Å². The van der Waals surface area contributed by atoms with Crippen LogP contribution in [0.4, 0.5) is 0 Å². The standard InChI is InChI=1S/C5H9ClO/c1-3-4-5(6)7-2/h3-5H,1-2H3/b4-3+. The Morgan fingerprint density at radius 2 is 2.29 bits per heavy atom. The predicted octanol–water partition coefficient (Wildman–Crippen LogP) is 1.77. The average molecular weight is 121 g/mol. The minimum atomic E-state index is -0.259. The van der Waals surface area contributed by atoms with Crippen molar-refractivity contribution in [1.82, 2.24) is 0 Å². The number of hydrogen-bond donors (Lipinski definition) is 0. The Morgan fingerprint density at radius 1 is 1.71 bits per heavy atom. The van der Waals surface area contributed by atoms with Gasteiger partial charge in [-0.2, -0.15) is 0 Å². The van der Waals surface area contributed by atoms with Gasteiger partial charge in [-0.25, -0.2) is 0 Å². The van der Waals surface area contributed by atoms with Crippen LogP contribution in [0.3, 0.4) is 0 Å². The van der Waals surface area contributed by atoms with Crippen molar-refractivity contribution in [1.29, 1.82) is 0 Å². The summed E-state index contributed by atoms with van der Waals surface area (Å²) in [5, 5.41) is 0. The zero-order chi connectivity index (χ0) is 5.70. The summed E-state index contributed by atoms with van der Waals surface area (Å²) < 4.78 is 4.67. The van der Waals surface area contributed by atoms with Crippen LogP contribution in [0, 0.1) is 0 Å². The maximum absolute atomic E-state index is 5.46. The zero-order valence-electron chi connectivity index (χ0n) is 4.52. The van der Waals surface area contributed by atoms with E-state index in [1.54, 1.807) is 13.2 Å². The second-order valence-corrected chi connectivity index (χ2v) is 1.54. The smallest absolute Gasteiger partial charge is 0.149 e. The van der Waals surface area contributed by atoms with E-state index in [9.17, 15) is 0 Å². The van der Waals surface area contributed by atoms with Gasteiger partial charge in [0.1, 0.15) is 5.56 Å². The van der Waals surface area contributed by atoms with Crippen molar-refractivity contribution in [2.75, 3.05) is 7.11 Å². The van der Waals surface area contributed by atoms with Gasteiger partial charge in [0.15, 0.2) is 0 Å². The monoisotopic (exact) mass is 120 g/mol. The number of methoxy groups -OCH3 is 1. The molecule has 0 fully saturated rings. The molecule has 0 aromatic rings. The van der Waals surface area contributed by atoms with Gasteiger partial charge >= 0.3 is 0 Å². The first kappa shape index (κ1) is 6.99. The van der Waals surface area contributed by atoms with Crippen LogP contribution in [0.25, 0.3) is 0 Å². The molecular formula is C5H9ClO. The molecule has 0 spiro atoms. The maximum atomic E-state index is 5.46. The molecule has 2 heteroatoms. The lowest BCUT2D eigenvalue weighted by molar-refractivity contribution is 0.202. The Kier molecular flexibility index (Phi) is 4.15. The summed E-state index contributed by atoms with van der Waals surface area (Å²) in [6, 6.07) is 0. The quantitative estimate of drug-likeness (QED) is 0.399. The minimum Gasteiger partial charge on any atom is -0.362 e. The molecule has 0 saturated heterocycles. The Bertz CT molecular complexity index is 61.1. The molecule has 0 rings (SSSR count). The number of alkyl halides is 1. The summed E-state index contributed by atoms with van der Waals surface area (Å²) in [5.74, 6) is 0. The van der Waals surface area contributed by atoms with E-state index < -0.39 is 0 Å². The minimum absolute atomic E-state index is 0.259. The van der Waals surface area contributed by atoms with Crippen LogP contribution in [-0.2, 0) is 4.74 Å². The first-order valence-electron chi connectivity index (χ1n) is 2.11. The van der Waals surface area contributed by atoms with Gasteiger partial charge in [-0.05, 0) is 13.0 Å². The summed E-state index contributed by atoms with van der Waals surface area (Å²) >= 11 is 5.46. The molecule has 0 aliphatic carbocycles. The highest BCUT2D eigenvalue weighted by atomic mass is 35.5. The number of rotatable bonds is 2. The Hall–Kier alpha value is -0.0100. The predicted molar refractivity (Wildman–Crippen MR) is 31.5 cm³/mol. The van der Waals surface area contributed by atoms with Gasteiger partial charge in [-0.15, -0.1) is 0 Å². The molecule has 0 radical (unpaired) electrons. The summed E-state index contributed by atoms with van der Waals surface area (Å²) in [4.78, 5) is 0. The molecule has 0 heterocycles. The lowest BCUT2D eigenvalue weighted by Crippen LogP contribution is -1.93. The molecule has 0 aromatic heterocycles. The van der Waals surface area contributed by atoms with Gasteiger partial charge in [0.2, 0.25) is 0 Å². The van der Waals surface area contributed by atoms with Crippen LogP contribution in [0.1, 0.15) is 6.92 Å². The Morgan fingerprint density at radius 3 is 2.43 bits per heavy atom. The van der Waals surface area contributed by atoms with Crippen molar-refractivity contribution in [3.63, 3.8) is 0 Å². The molecule has 0 amide bonds. The third-order valence-corrected chi connectivity index (χ3v) is 0.893. The van der Waals surface area contributed by atoms with Crippen molar-refractivity contribution < 1.29 is 4.74 Å². The van der Waals surface area contributed by atoms with Gasteiger partial charge in [-0.1, -0.05) is 17.7 Å². The third kappa shape index (κ3) is 3.83. The first-order valence-corrected chi connectivity index (χ1v) is 2.54. The number of ether oxygens (including phenoxy) is 1. The fourth-order valence-electron chi connectivity index (χ4n) is 0.230. The topological polar surface area (TPSA) is 9.23 Å². The lowest BCUT2D eigenvalue weighted by Gasteiger charge is -1.95. The molecule has 1 nitrogen and oxygen atoms in total. The normalized spacial score (nSPS) is 15.3. The van der Waals surface area contributed by atoms with Gasteiger partial charge < -0.3 is 4.74 Å². The number of allylic oxidation sites excluding steroid dienone is 1. The summed E-state index contributed by atoms with van der Waals surface area (Å²) in [6.45, 7) is 1.90. The zero-order valence-corrected chi connectivity index (χ0v) is 5.27. The number of hydrogen-bond acceptors (Lipinski definition) is 1. The van der Waals surface area contributed by atoms with Crippen molar-refractivity contribution in [3.8, 4) is 0 Å². The van der Waals surface area contributed by atoms with E-state index >= 15 is 0 Å². The SMILES string of the molecule is C/C=C/C(Cl)OC. The highest BCUT2D eigenvalue weighted by molar-refractivity contribution is 6.20. The second-order valence-electron chi connectivity index (χ2n) is 1.11. The molecule has 1 atom stereocenters. The molecule has 0 aromatic carbocycles. The molecule has 0 bridgehead atoms. The summed E-state index contributed by atoms with van der Waals surface area (Å²) in [7, 11) is 1.57. The van der Waals surface area contributed by atoms with E-state index in [1.807, 2.05) is 13.0 Å². The average Bonchev–Trinajstić information content (AvgIpc) is 1.68. The van der Waals surface area contributed by atoms with Crippen LogP contribution in [0.15, 0.2) is 12.2 Å². The second kappa shape index (κ2) is 4.16. The summed E-state index contributed by atoms with van der Waals surface area (Å²) in [6.07, 6.45) is 3.61. The van der Waals surface area contributed by atoms with E-state index in [4.69, 9.17) is 11.6 Å². The molecule has 0 aliphatic rings. The molecular weight excluding hydrogens is 112 g/mol. The van der Waals surface area contributed by atoms with Crippen molar-refractivity contribution in [2.24, 2.45) is 0 Å². The lowest BCUT2D eigenvalue weighted by atomic mass is 10.5. The van der Waals surface area contributed by atoms with E-state index in [2.05, 4.69) is 4.74 Å². The molecule has 0 N–H and O–H groups in total. The highest BCUT2D eigenvalue weighted by Gasteiger charge is 1.88. The van der Waals surface area contributed by atoms with Gasteiger partial charge in [0.25, 0.3) is 0 Å². The first-order chi connectivity index (χ1) is 3.31. The van der Waals surface area contributed by atoms with Crippen LogP contribution < -0.4 is 0 Å². The highest BCUT2D eigenvalue weighted by Crippen LogP contribution is 1.95.